The third-order valence-corrected chi connectivity index (χ3v) is 14.9. The second-order valence-electron chi connectivity index (χ2n) is 17.3. The van der Waals surface area contributed by atoms with E-state index in [-0.39, 0.29) is 0 Å². The zero-order valence-electron chi connectivity index (χ0n) is 35.4. The Balaban J connectivity index is 1.28. The third kappa shape index (κ3) is 7.72. The molecule has 0 aliphatic carbocycles. The number of anilines is 5. The second-order valence-corrected chi connectivity index (χ2v) is 25.6. The number of hydrogen-bond donors (Lipinski definition) is 0. The van der Waals surface area contributed by atoms with Crippen LogP contribution >= 0.6 is 20.1 Å². The molecule has 0 saturated heterocycles. The minimum absolute atomic E-state index is 0.332. The molecule has 0 radical (unpaired) electrons. The summed E-state index contributed by atoms with van der Waals surface area (Å²) in [6.07, 6.45) is 14.8. The van der Waals surface area contributed by atoms with Crippen LogP contribution < -0.4 is 9.80 Å². The molecule has 0 unspecified atom stereocenters. The highest BCUT2D eigenvalue weighted by molar-refractivity contribution is 8.32. The molecule has 296 valence electrons. The van der Waals surface area contributed by atoms with E-state index < -0.39 is 20.1 Å². The summed E-state index contributed by atoms with van der Waals surface area (Å²) in [5.41, 5.74) is 9.42. The molecular formula is C53H52N4S2. The lowest BCUT2D eigenvalue weighted by Gasteiger charge is -2.30. The van der Waals surface area contributed by atoms with Gasteiger partial charge in [-0.3, -0.25) is 0 Å². The molecule has 59 heavy (non-hydrogen) atoms. The van der Waals surface area contributed by atoms with Gasteiger partial charge in [0.25, 0.3) is 0 Å². The Morgan fingerprint density at radius 2 is 0.966 bits per heavy atom. The maximum atomic E-state index is 9.66. The van der Waals surface area contributed by atoms with Gasteiger partial charge in [0.15, 0.2) is 0 Å². The molecule has 4 nitrogen and oxygen atoms in total. The summed E-state index contributed by atoms with van der Waals surface area (Å²) >= 11 is 0. The van der Waals surface area contributed by atoms with Crippen LogP contribution in [-0.2, 0) is 6.42 Å². The predicted molar refractivity (Wildman–Crippen MR) is 259 cm³/mol. The Kier molecular flexibility index (Phi) is 10.6. The van der Waals surface area contributed by atoms with Gasteiger partial charge in [0, 0.05) is 34.7 Å². The highest BCUT2D eigenvalue weighted by atomic mass is 32.3. The summed E-state index contributed by atoms with van der Waals surface area (Å²) in [6.45, 7) is 5.39. The first-order chi connectivity index (χ1) is 28.2. The molecule has 8 aromatic carbocycles. The van der Waals surface area contributed by atoms with Crippen molar-refractivity contribution in [1.29, 1.82) is 10.5 Å². The van der Waals surface area contributed by atoms with Gasteiger partial charge in [0.05, 0.1) is 29.0 Å². The van der Waals surface area contributed by atoms with Crippen LogP contribution in [0.15, 0.2) is 149 Å². The first kappa shape index (κ1) is 39.9. The largest absolute Gasteiger partial charge is 0.341 e. The van der Waals surface area contributed by atoms with E-state index in [9.17, 15) is 10.5 Å². The molecule has 0 saturated carbocycles. The molecule has 0 spiro atoms. The van der Waals surface area contributed by atoms with Crippen LogP contribution in [0, 0.1) is 22.7 Å². The fraction of sp³-hybridized carbons (Fsp3) is 0.208. The van der Waals surface area contributed by atoms with Gasteiger partial charge < -0.3 is 9.80 Å². The standard InChI is InChI=1S/C53H52N4S2/c1-36(2)50-33-40(31-32-56(41-15-9-37(34-54)10-16-41)42-19-23-45(24-20-42)58(3,4)5)47-27-13-39-14-30-51(49-29-28-48(50)53(47)52(39)49)57(43-17-11-38(35-55)12-18-43)44-21-25-46(26-22-44)59(6,7)8/h9-30,33,36H,31-32H2,1-8H3. The lowest BCUT2D eigenvalue weighted by atomic mass is 9.85. The van der Waals surface area contributed by atoms with Gasteiger partial charge >= 0.3 is 0 Å². The van der Waals surface area contributed by atoms with E-state index in [2.05, 4.69) is 189 Å². The molecule has 0 atom stereocenters. The molecule has 8 aromatic rings. The maximum Gasteiger partial charge on any atom is 0.0991 e. The molecule has 0 fully saturated rings. The van der Waals surface area contributed by atoms with Gasteiger partial charge in [0.2, 0.25) is 0 Å². The molecule has 0 bridgehead atoms. The van der Waals surface area contributed by atoms with Crippen molar-refractivity contribution in [1.82, 2.24) is 0 Å². The Bertz CT molecular complexity index is 2870. The van der Waals surface area contributed by atoms with Crippen molar-refractivity contribution in [3.63, 3.8) is 0 Å². The van der Waals surface area contributed by atoms with Crippen LogP contribution in [-0.4, -0.2) is 44.1 Å². The maximum absolute atomic E-state index is 9.66. The summed E-state index contributed by atoms with van der Waals surface area (Å²) in [4.78, 5) is 7.50. The molecular weight excluding hydrogens is 757 g/mol. The summed E-state index contributed by atoms with van der Waals surface area (Å²) in [5.74, 6) is 0.332. The van der Waals surface area contributed by atoms with E-state index in [1.165, 1.54) is 53.2 Å². The summed E-state index contributed by atoms with van der Waals surface area (Å²) in [7, 11) is -1.74. The van der Waals surface area contributed by atoms with Crippen molar-refractivity contribution in [3.05, 3.63) is 162 Å². The Morgan fingerprint density at radius 3 is 1.47 bits per heavy atom. The van der Waals surface area contributed by atoms with Crippen LogP contribution in [0.5, 0.6) is 0 Å². The highest BCUT2D eigenvalue weighted by Gasteiger charge is 2.22. The van der Waals surface area contributed by atoms with E-state index in [0.717, 1.165) is 41.4 Å². The average Bonchev–Trinajstić information content (AvgIpc) is 3.23. The summed E-state index contributed by atoms with van der Waals surface area (Å²) in [6, 6.07) is 54.9. The van der Waals surface area contributed by atoms with Gasteiger partial charge in [0.1, 0.15) is 0 Å². The quantitative estimate of drug-likeness (QED) is 0.122. The van der Waals surface area contributed by atoms with Gasteiger partial charge in [-0.05, 0) is 201 Å². The van der Waals surface area contributed by atoms with E-state index in [4.69, 9.17) is 0 Å². The van der Waals surface area contributed by atoms with E-state index >= 15 is 0 Å². The minimum Gasteiger partial charge on any atom is -0.341 e. The SMILES string of the molecule is CC(C)c1cc(CCN(c2ccc(C#N)cc2)c2ccc(S(C)(C)C)cc2)c2ccc3ccc(N(c4ccc(C#N)cc4)c4ccc(S(C)(C)C)cc4)c4ccc1c2c34. The smallest absolute Gasteiger partial charge is 0.0991 e. The van der Waals surface area contributed by atoms with Crippen molar-refractivity contribution in [2.75, 3.05) is 53.9 Å². The van der Waals surface area contributed by atoms with Crippen LogP contribution in [0.2, 0.25) is 0 Å². The zero-order chi connectivity index (χ0) is 41.6. The minimum atomic E-state index is -0.889. The topological polar surface area (TPSA) is 54.1 Å². The van der Waals surface area contributed by atoms with Crippen LogP contribution in [0.4, 0.5) is 28.4 Å². The monoisotopic (exact) mass is 808 g/mol. The van der Waals surface area contributed by atoms with Crippen molar-refractivity contribution < 1.29 is 0 Å². The molecule has 0 N–H and O–H groups in total. The third-order valence-electron chi connectivity index (χ3n) is 11.6. The summed E-state index contributed by atoms with van der Waals surface area (Å²) in [5, 5.41) is 26.8. The number of nitriles is 2. The van der Waals surface area contributed by atoms with Crippen LogP contribution in [0.1, 0.15) is 42.0 Å². The normalized spacial score (nSPS) is 12.5. The predicted octanol–water partition coefficient (Wildman–Crippen LogP) is 14.4. The van der Waals surface area contributed by atoms with Crippen LogP contribution in [0.25, 0.3) is 32.3 Å². The fourth-order valence-corrected chi connectivity index (χ4v) is 10.3. The van der Waals surface area contributed by atoms with Gasteiger partial charge in [-0.15, -0.1) is 0 Å². The van der Waals surface area contributed by atoms with Crippen molar-refractivity contribution in [2.45, 2.75) is 36.0 Å². The van der Waals surface area contributed by atoms with E-state index in [1.807, 2.05) is 24.3 Å². The number of rotatable bonds is 11. The van der Waals surface area contributed by atoms with Crippen molar-refractivity contribution in [2.24, 2.45) is 0 Å². The first-order valence-electron chi connectivity index (χ1n) is 20.1. The van der Waals surface area contributed by atoms with E-state index in [1.54, 1.807) is 0 Å². The molecule has 0 aromatic heterocycles. The lowest BCUT2D eigenvalue weighted by Crippen LogP contribution is -2.20. The molecule has 0 aliphatic rings. The van der Waals surface area contributed by atoms with Crippen molar-refractivity contribution >= 4 is 80.8 Å². The number of nitrogens with zero attached hydrogens (tertiary/aromatic N) is 4. The number of hydrogen-bond acceptors (Lipinski definition) is 4. The summed E-state index contributed by atoms with van der Waals surface area (Å²) < 4.78 is 0. The average molecular weight is 809 g/mol. The van der Waals surface area contributed by atoms with Crippen LogP contribution in [0.3, 0.4) is 0 Å². The Morgan fingerprint density at radius 1 is 0.508 bits per heavy atom. The highest BCUT2D eigenvalue weighted by Crippen LogP contribution is 2.49. The molecule has 0 heterocycles. The van der Waals surface area contributed by atoms with Gasteiger partial charge in [-0.2, -0.15) is 10.5 Å². The van der Waals surface area contributed by atoms with Gasteiger partial charge in [-0.1, -0.05) is 50.2 Å². The van der Waals surface area contributed by atoms with E-state index in [0.29, 0.717) is 17.0 Å². The molecule has 0 aliphatic heterocycles. The number of benzene rings is 8. The first-order valence-corrected chi connectivity index (χ1v) is 25.8. The molecule has 6 heteroatoms. The zero-order valence-corrected chi connectivity index (χ0v) is 37.0. The molecule has 8 rings (SSSR count). The Hall–Kier alpha value is -5.92. The van der Waals surface area contributed by atoms with Crippen molar-refractivity contribution in [3.8, 4) is 12.1 Å². The second kappa shape index (κ2) is 15.7. The molecule has 0 amide bonds. The fourth-order valence-electron chi connectivity index (χ4n) is 8.37. The lowest BCUT2D eigenvalue weighted by molar-refractivity contribution is 0.867. The Labute approximate surface area is 353 Å². The van der Waals surface area contributed by atoms with Gasteiger partial charge in [-0.25, -0.2) is 20.1 Å².